The summed E-state index contributed by atoms with van der Waals surface area (Å²) in [5.41, 5.74) is 6.58. The van der Waals surface area contributed by atoms with Crippen LogP contribution in [0.4, 0.5) is 10.5 Å². The molecule has 2 heterocycles. The summed E-state index contributed by atoms with van der Waals surface area (Å²) in [5.74, 6) is 0.285. The number of nitrogens with zero attached hydrogens (tertiary/aromatic N) is 2. The third kappa shape index (κ3) is 3.31. The van der Waals surface area contributed by atoms with Gasteiger partial charge in [-0.1, -0.05) is 38.1 Å². The van der Waals surface area contributed by atoms with Crippen molar-refractivity contribution in [3.8, 4) is 5.69 Å². The molecule has 0 saturated carbocycles. The second-order valence-electron chi connectivity index (χ2n) is 8.06. The molecule has 2 amide bonds. The summed E-state index contributed by atoms with van der Waals surface area (Å²) in [6.07, 6.45) is 2.09. The largest absolute Gasteiger partial charge is 0.322 e. The van der Waals surface area contributed by atoms with Gasteiger partial charge in [0.05, 0.1) is 18.3 Å². The summed E-state index contributed by atoms with van der Waals surface area (Å²) in [6.45, 7) is 9.03. The molecular weight excluding hydrogens is 346 g/mol. The van der Waals surface area contributed by atoms with Crippen molar-refractivity contribution < 1.29 is 4.79 Å². The molecule has 2 aromatic carbocycles. The van der Waals surface area contributed by atoms with Gasteiger partial charge in [0.1, 0.15) is 0 Å². The van der Waals surface area contributed by atoms with E-state index in [9.17, 15) is 4.79 Å². The molecule has 3 aromatic rings. The SMILES string of the molecule is Cc1cc(C)cc(NC(=O)N2Cc3ccccc3-n3cccc3[C@H]2C(C)C)c1. The van der Waals surface area contributed by atoms with E-state index < -0.39 is 0 Å². The Labute approximate surface area is 166 Å². The normalized spacial score (nSPS) is 15.8. The van der Waals surface area contributed by atoms with E-state index in [-0.39, 0.29) is 18.0 Å². The maximum absolute atomic E-state index is 13.4. The molecule has 0 bridgehead atoms. The Bertz CT molecular complexity index is 998. The number of benzene rings is 2. The van der Waals surface area contributed by atoms with E-state index in [2.05, 4.69) is 80.2 Å². The minimum Gasteiger partial charge on any atom is -0.318 e. The predicted octanol–water partition coefficient (Wildman–Crippen LogP) is 5.84. The zero-order valence-corrected chi connectivity index (χ0v) is 16.9. The van der Waals surface area contributed by atoms with E-state index in [0.29, 0.717) is 6.54 Å². The average molecular weight is 374 g/mol. The van der Waals surface area contributed by atoms with Crippen molar-refractivity contribution in [3.05, 3.63) is 83.2 Å². The van der Waals surface area contributed by atoms with Gasteiger partial charge in [-0.2, -0.15) is 0 Å². The lowest BCUT2D eigenvalue weighted by atomic mass is 9.99. The molecule has 1 aromatic heterocycles. The summed E-state index contributed by atoms with van der Waals surface area (Å²) in [7, 11) is 0. The quantitative estimate of drug-likeness (QED) is 0.602. The Kier molecular flexibility index (Phi) is 4.71. The Morgan fingerprint density at radius 2 is 1.75 bits per heavy atom. The number of urea groups is 1. The number of hydrogen-bond donors (Lipinski definition) is 1. The summed E-state index contributed by atoms with van der Waals surface area (Å²) in [5, 5.41) is 3.14. The van der Waals surface area contributed by atoms with Crippen LogP contribution in [0.2, 0.25) is 0 Å². The van der Waals surface area contributed by atoms with E-state index in [4.69, 9.17) is 0 Å². The van der Waals surface area contributed by atoms with Crippen LogP contribution in [-0.4, -0.2) is 15.5 Å². The molecule has 0 saturated heterocycles. The van der Waals surface area contributed by atoms with Crippen LogP contribution in [0.25, 0.3) is 5.69 Å². The molecule has 4 rings (SSSR count). The van der Waals surface area contributed by atoms with Crippen molar-refractivity contribution >= 4 is 11.7 Å². The smallest absolute Gasteiger partial charge is 0.318 e. The molecule has 144 valence electrons. The number of aryl methyl sites for hydroxylation is 2. The first-order valence-electron chi connectivity index (χ1n) is 9.85. The van der Waals surface area contributed by atoms with Gasteiger partial charge in [0.25, 0.3) is 0 Å². The monoisotopic (exact) mass is 373 g/mol. The number of anilines is 1. The van der Waals surface area contributed by atoms with Crippen molar-refractivity contribution in [1.82, 2.24) is 9.47 Å². The lowest BCUT2D eigenvalue weighted by Crippen LogP contribution is -2.39. The van der Waals surface area contributed by atoms with E-state index >= 15 is 0 Å². The third-order valence-electron chi connectivity index (χ3n) is 5.38. The second-order valence-corrected chi connectivity index (χ2v) is 8.06. The number of para-hydroxylation sites is 1. The topological polar surface area (TPSA) is 37.3 Å². The highest BCUT2D eigenvalue weighted by molar-refractivity contribution is 5.90. The summed E-state index contributed by atoms with van der Waals surface area (Å²) < 4.78 is 2.23. The first kappa shape index (κ1) is 18.4. The summed E-state index contributed by atoms with van der Waals surface area (Å²) >= 11 is 0. The van der Waals surface area contributed by atoms with Gasteiger partial charge < -0.3 is 14.8 Å². The van der Waals surface area contributed by atoms with Crippen LogP contribution in [0.15, 0.2) is 60.8 Å². The molecule has 4 nitrogen and oxygen atoms in total. The van der Waals surface area contributed by atoms with Crippen molar-refractivity contribution in [3.63, 3.8) is 0 Å². The number of fused-ring (bicyclic) bond motifs is 3. The maximum Gasteiger partial charge on any atom is 0.322 e. The predicted molar refractivity (Wildman–Crippen MR) is 114 cm³/mol. The molecule has 0 unspecified atom stereocenters. The highest BCUT2D eigenvalue weighted by Crippen LogP contribution is 2.36. The van der Waals surface area contributed by atoms with E-state index in [1.54, 1.807) is 0 Å². The van der Waals surface area contributed by atoms with Crippen molar-refractivity contribution in [2.24, 2.45) is 5.92 Å². The molecule has 0 aliphatic carbocycles. The standard InChI is InChI=1S/C24H27N3O/c1-16(2)23-22-10-7-11-26(22)21-9-6-5-8-19(21)15-27(23)24(28)25-20-13-17(3)12-18(4)14-20/h5-14,16,23H,15H2,1-4H3,(H,25,28)/t23-/m1/s1. The molecule has 1 aliphatic rings. The third-order valence-corrected chi connectivity index (χ3v) is 5.38. The van der Waals surface area contributed by atoms with E-state index in [0.717, 1.165) is 33.8 Å². The number of carbonyl (C=O) groups excluding carboxylic acids is 1. The lowest BCUT2D eigenvalue weighted by molar-refractivity contribution is 0.162. The van der Waals surface area contributed by atoms with E-state index in [1.165, 1.54) is 0 Å². The Balaban J connectivity index is 1.75. The number of aromatic nitrogens is 1. The minimum absolute atomic E-state index is 0.00620. The molecule has 0 radical (unpaired) electrons. The van der Waals surface area contributed by atoms with Crippen LogP contribution in [0.1, 0.15) is 42.3 Å². The lowest BCUT2D eigenvalue weighted by Gasteiger charge is -2.33. The second kappa shape index (κ2) is 7.19. The van der Waals surface area contributed by atoms with Gasteiger partial charge >= 0.3 is 6.03 Å². The first-order chi connectivity index (χ1) is 13.4. The number of hydrogen-bond acceptors (Lipinski definition) is 1. The average Bonchev–Trinajstić information content (AvgIpc) is 3.04. The highest BCUT2D eigenvalue weighted by Gasteiger charge is 2.33. The highest BCUT2D eigenvalue weighted by atomic mass is 16.2. The molecule has 0 spiro atoms. The van der Waals surface area contributed by atoms with Crippen LogP contribution in [0, 0.1) is 19.8 Å². The van der Waals surface area contributed by atoms with Gasteiger partial charge in [0.2, 0.25) is 0 Å². The van der Waals surface area contributed by atoms with E-state index in [1.807, 2.05) is 23.1 Å². The Morgan fingerprint density at radius 1 is 1.04 bits per heavy atom. The molecular formula is C24H27N3O. The summed E-state index contributed by atoms with van der Waals surface area (Å²) in [6, 6.07) is 18.6. The maximum atomic E-state index is 13.4. The van der Waals surface area contributed by atoms with Gasteiger partial charge in [-0.05, 0) is 66.8 Å². The van der Waals surface area contributed by atoms with Crippen molar-refractivity contribution in [2.45, 2.75) is 40.3 Å². The number of rotatable bonds is 2. The van der Waals surface area contributed by atoms with Crippen LogP contribution < -0.4 is 5.32 Å². The zero-order valence-electron chi connectivity index (χ0n) is 16.9. The summed E-state index contributed by atoms with van der Waals surface area (Å²) in [4.78, 5) is 15.4. The number of amides is 2. The van der Waals surface area contributed by atoms with Crippen molar-refractivity contribution in [2.75, 3.05) is 5.32 Å². The molecule has 28 heavy (non-hydrogen) atoms. The number of carbonyl (C=O) groups is 1. The molecule has 4 heteroatoms. The fourth-order valence-corrected chi connectivity index (χ4v) is 4.32. The molecule has 0 fully saturated rings. The van der Waals surface area contributed by atoms with Gasteiger partial charge in [0.15, 0.2) is 0 Å². The molecule has 1 atom stereocenters. The van der Waals surface area contributed by atoms with Crippen LogP contribution in [0.3, 0.4) is 0 Å². The first-order valence-corrected chi connectivity index (χ1v) is 9.85. The van der Waals surface area contributed by atoms with Gasteiger partial charge in [-0.3, -0.25) is 0 Å². The van der Waals surface area contributed by atoms with Gasteiger partial charge in [-0.15, -0.1) is 0 Å². The van der Waals surface area contributed by atoms with Crippen LogP contribution >= 0.6 is 0 Å². The molecule has 1 aliphatic heterocycles. The van der Waals surface area contributed by atoms with Crippen LogP contribution in [0.5, 0.6) is 0 Å². The van der Waals surface area contributed by atoms with Crippen molar-refractivity contribution in [1.29, 1.82) is 0 Å². The van der Waals surface area contributed by atoms with Crippen LogP contribution in [-0.2, 0) is 6.54 Å². The van der Waals surface area contributed by atoms with Gasteiger partial charge in [0, 0.05) is 17.6 Å². The fourth-order valence-electron chi connectivity index (χ4n) is 4.32. The Morgan fingerprint density at radius 3 is 2.46 bits per heavy atom. The van der Waals surface area contributed by atoms with Gasteiger partial charge in [-0.25, -0.2) is 4.79 Å². The minimum atomic E-state index is -0.0619. The molecule has 1 N–H and O–H groups in total. The Hall–Kier alpha value is -3.01. The zero-order chi connectivity index (χ0) is 19.8. The fraction of sp³-hybridized carbons (Fsp3) is 0.292. The number of nitrogens with one attached hydrogen (secondary N) is 1.